The number of halogens is 1. The zero-order valence-corrected chi connectivity index (χ0v) is 11.4. The van der Waals surface area contributed by atoms with Crippen LogP contribution in [0.15, 0.2) is 36.8 Å². The lowest BCUT2D eigenvalue weighted by Crippen LogP contribution is -2.34. The molecule has 0 aliphatic carbocycles. The first kappa shape index (κ1) is 14.1. The number of primary amides is 1. The predicted octanol–water partition coefficient (Wildman–Crippen LogP) is 1.20. The second-order valence-corrected chi connectivity index (χ2v) is 4.67. The highest BCUT2D eigenvalue weighted by Gasteiger charge is 2.14. The summed E-state index contributed by atoms with van der Waals surface area (Å²) in [5, 5.41) is 0.365. The van der Waals surface area contributed by atoms with Crippen molar-refractivity contribution >= 4 is 29.0 Å². The summed E-state index contributed by atoms with van der Waals surface area (Å²) >= 11 is 6.06. The Bertz CT molecular complexity index is 602. The van der Waals surface area contributed by atoms with E-state index in [9.17, 15) is 4.79 Å². The van der Waals surface area contributed by atoms with Gasteiger partial charge in [-0.2, -0.15) is 0 Å². The Hall–Kier alpha value is -2.34. The molecule has 1 aromatic carbocycles. The van der Waals surface area contributed by atoms with Gasteiger partial charge >= 0.3 is 0 Å². The Balaban J connectivity index is 2.26. The van der Waals surface area contributed by atoms with Crippen molar-refractivity contribution in [3.8, 4) is 0 Å². The minimum atomic E-state index is -0.463. The molecule has 2 rings (SSSR count). The fourth-order valence-electron chi connectivity index (χ4n) is 1.78. The van der Waals surface area contributed by atoms with E-state index in [1.807, 2.05) is 12.1 Å². The van der Waals surface area contributed by atoms with Gasteiger partial charge in [-0.05, 0) is 17.7 Å². The number of hydrogen-bond acceptors (Lipinski definition) is 5. The van der Waals surface area contributed by atoms with Crippen molar-refractivity contribution in [3.05, 3.63) is 47.4 Å². The van der Waals surface area contributed by atoms with Gasteiger partial charge in [-0.15, -0.1) is 0 Å². The molecule has 104 valence electrons. The highest BCUT2D eigenvalue weighted by molar-refractivity contribution is 6.32. The lowest BCUT2D eigenvalue weighted by molar-refractivity contribution is -0.116. The van der Waals surface area contributed by atoms with Crippen molar-refractivity contribution in [1.29, 1.82) is 0 Å². The van der Waals surface area contributed by atoms with Crippen LogP contribution in [-0.4, -0.2) is 22.4 Å². The van der Waals surface area contributed by atoms with Gasteiger partial charge in [-0.1, -0.05) is 23.7 Å². The molecule has 0 atom stereocenters. The zero-order valence-electron chi connectivity index (χ0n) is 10.7. The van der Waals surface area contributed by atoms with E-state index in [0.29, 0.717) is 23.1 Å². The normalized spacial score (nSPS) is 10.2. The van der Waals surface area contributed by atoms with E-state index in [1.54, 1.807) is 17.0 Å². The molecule has 6 nitrogen and oxygen atoms in total. The van der Waals surface area contributed by atoms with E-state index < -0.39 is 5.91 Å². The molecule has 0 saturated carbocycles. The molecule has 1 heterocycles. The number of nitrogen functional groups attached to an aromatic ring is 1. The number of benzene rings is 1. The van der Waals surface area contributed by atoms with Gasteiger partial charge in [0.15, 0.2) is 5.82 Å². The number of hydrogen-bond donors (Lipinski definition) is 2. The molecule has 0 aliphatic rings. The number of aromatic nitrogens is 2. The summed E-state index contributed by atoms with van der Waals surface area (Å²) in [6.45, 7) is 0.459. The van der Waals surface area contributed by atoms with Gasteiger partial charge in [0.25, 0.3) is 0 Å². The maximum absolute atomic E-state index is 11.2. The minimum absolute atomic E-state index is 0.0150. The van der Waals surface area contributed by atoms with Crippen LogP contribution in [0.1, 0.15) is 5.56 Å². The van der Waals surface area contributed by atoms with Gasteiger partial charge in [-0.25, -0.2) is 9.97 Å². The monoisotopic (exact) mass is 291 g/mol. The van der Waals surface area contributed by atoms with Crippen molar-refractivity contribution in [2.75, 3.05) is 17.2 Å². The summed E-state index contributed by atoms with van der Waals surface area (Å²) in [6, 6.07) is 7.33. The smallest absolute Gasteiger partial charge is 0.237 e. The molecule has 0 radical (unpaired) electrons. The van der Waals surface area contributed by atoms with Crippen molar-refractivity contribution in [1.82, 2.24) is 9.97 Å². The Morgan fingerprint density at radius 2 is 2.00 bits per heavy atom. The molecule has 0 unspecified atom stereocenters. The number of nitrogens with zero attached hydrogens (tertiary/aromatic N) is 3. The standard InChI is InChI=1S/C13H14ClN5O/c14-11-5-17-8-18-13(11)19(7-12(16)20)6-9-1-3-10(15)4-2-9/h1-5,8H,6-7,15H2,(H2,16,20). The van der Waals surface area contributed by atoms with Gasteiger partial charge in [-0.3, -0.25) is 4.79 Å². The summed E-state index contributed by atoms with van der Waals surface area (Å²) in [5.41, 5.74) is 12.6. The lowest BCUT2D eigenvalue weighted by atomic mass is 10.2. The first-order valence-electron chi connectivity index (χ1n) is 5.89. The number of nitrogens with two attached hydrogens (primary N) is 2. The van der Waals surface area contributed by atoms with Crippen LogP contribution in [-0.2, 0) is 11.3 Å². The second-order valence-electron chi connectivity index (χ2n) is 4.26. The van der Waals surface area contributed by atoms with Crippen LogP contribution in [0.5, 0.6) is 0 Å². The quantitative estimate of drug-likeness (QED) is 0.807. The van der Waals surface area contributed by atoms with Gasteiger partial charge in [0, 0.05) is 12.2 Å². The van der Waals surface area contributed by atoms with Gasteiger partial charge in [0.2, 0.25) is 5.91 Å². The highest BCUT2D eigenvalue weighted by atomic mass is 35.5. The molecule has 1 amide bonds. The maximum Gasteiger partial charge on any atom is 0.237 e. The topological polar surface area (TPSA) is 98.1 Å². The van der Waals surface area contributed by atoms with E-state index in [-0.39, 0.29) is 6.54 Å². The molecule has 2 aromatic rings. The number of carbonyl (C=O) groups is 1. The van der Waals surface area contributed by atoms with Crippen LogP contribution < -0.4 is 16.4 Å². The van der Waals surface area contributed by atoms with E-state index in [1.165, 1.54) is 12.5 Å². The van der Waals surface area contributed by atoms with Crippen molar-refractivity contribution in [3.63, 3.8) is 0 Å². The predicted molar refractivity (Wildman–Crippen MR) is 78.1 cm³/mol. The lowest BCUT2D eigenvalue weighted by Gasteiger charge is -2.23. The van der Waals surface area contributed by atoms with Gasteiger partial charge in [0.05, 0.1) is 12.7 Å². The SMILES string of the molecule is NC(=O)CN(Cc1ccc(N)cc1)c1ncncc1Cl. The second kappa shape index (κ2) is 6.21. The molecule has 7 heteroatoms. The summed E-state index contributed by atoms with van der Waals surface area (Å²) < 4.78 is 0. The summed E-state index contributed by atoms with van der Waals surface area (Å²) in [5.74, 6) is 0.00687. The Kier molecular flexibility index (Phi) is 4.37. The van der Waals surface area contributed by atoms with Crippen molar-refractivity contribution < 1.29 is 4.79 Å². The molecule has 0 aliphatic heterocycles. The molecule has 0 bridgehead atoms. The first-order chi connectivity index (χ1) is 9.56. The first-order valence-corrected chi connectivity index (χ1v) is 6.27. The minimum Gasteiger partial charge on any atom is -0.399 e. The summed E-state index contributed by atoms with van der Waals surface area (Å²) in [7, 11) is 0. The summed E-state index contributed by atoms with van der Waals surface area (Å²) in [4.78, 5) is 20.8. The van der Waals surface area contributed by atoms with Crippen LogP contribution in [0.2, 0.25) is 5.02 Å². The Morgan fingerprint density at radius 1 is 1.30 bits per heavy atom. The van der Waals surface area contributed by atoms with Crippen LogP contribution >= 0.6 is 11.6 Å². The number of amides is 1. The van der Waals surface area contributed by atoms with Crippen LogP contribution in [0, 0.1) is 0 Å². The van der Waals surface area contributed by atoms with E-state index >= 15 is 0 Å². The van der Waals surface area contributed by atoms with Crippen LogP contribution in [0.4, 0.5) is 11.5 Å². The zero-order chi connectivity index (χ0) is 14.5. The van der Waals surface area contributed by atoms with Crippen molar-refractivity contribution in [2.24, 2.45) is 5.73 Å². The molecule has 4 N–H and O–H groups in total. The fraction of sp³-hybridized carbons (Fsp3) is 0.154. The average molecular weight is 292 g/mol. The molecule has 0 fully saturated rings. The van der Waals surface area contributed by atoms with Gasteiger partial charge < -0.3 is 16.4 Å². The average Bonchev–Trinajstić information content (AvgIpc) is 2.41. The largest absolute Gasteiger partial charge is 0.399 e. The fourth-order valence-corrected chi connectivity index (χ4v) is 2.00. The third kappa shape index (κ3) is 3.58. The van der Waals surface area contributed by atoms with Crippen LogP contribution in [0.3, 0.4) is 0 Å². The van der Waals surface area contributed by atoms with Crippen LogP contribution in [0.25, 0.3) is 0 Å². The van der Waals surface area contributed by atoms with Gasteiger partial charge in [0.1, 0.15) is 11.3 Å². The maximum atomic E-state index is 11.2. The Labute approximate surface area is 121 Å². The number of anilines is 2. The molecular weight excluding hydrogens is 278 g/mol. The van der Waals surface area contributed by atoms with E-state index in [0.717, 1.165) is 5.56 Å². The Morgan fingerprint density at radius 3 is 2.60 bits per heavy atom. The molecule has 0 spiro atoms. The number of carbonyl (C=O) groups excluding carboxylic acids is 1. The highest BCUT2D eigenvalue weighted by Crippen LogP contribution is 2.23. The van der Waals surface area contributed by atoms with E-state index in [4.69, 9.17) is 23.1 Å². The molecule has 1 aromatic heterocycles. The molecule has 0 saturated heterocycles. The number of rotatable bonds is 5. The summed E-state index contributed by atoms with van der Waals surface area (Å²) in [6.07, 6.45) is 2.85. The molecule has 20 heavy (non-hydrogen) atoms. The van der Waals surface area contributed by atoms with E-state index in [2.05, 4.69) is 9.97 Å². The third-order valence-electron chi connectivity index (χ3n) is 2.65. The van der Waals surface area contributed by atoms with Crippen molar-refractivity contribution in [2.45, 2.75) is 6.54 Å². The molecular formula is C13H14ClN5O. The third-order valence-corrected chi connectivity index (χ3v) is 2.91.